The Balaban J connectivity index is 1.44. The third-order valence-corrected chi connectivity index (χ3v) is 5.02. The number of nitro groups is 1. The van der Waals surface area contributed by atoms with Crippen LogP contribution in [0.4, 0.5) is 5.69 Å². The summed E-state index contributed by atoms with van der Waals surface area (Å²) in [4.78, 5) is 27.2. The summed E-state index contributed by atoms with van der Waals surface area (Å²) >= 11 is 0. The van der Waals surface area contributed by atoms with E-state index in [1.807, 2.05) is 41.8 Å². The van der Waals surface area contributed by atoms with Crippen molar-refractivity contribution in [3.8, 4) is 5.75 Å². The Bertz CT molecular complexity index is 1360. The van der Waals surface area contributed by atoms with E-state index in [1.54, 1.807) is 19.2 Å². The normalized spacial score (nSPS) is 11.2. The summed E-state index contributed by atoms with van der Waals surface area (Å²) in [6.45, 7) is 2.22. The summed E-state index contributed by atoms with van der Waals surface area (Å²) in [7, 11) is 1.54. The predicted molar refractivity (Wildman–Crippen MR) is 121 cm³/mol. The maximum atomic E-state index is 12.4. The number of ether oxygens (including phenoxy) is 1. The quantitative estimate of drug-likeness (QED) is 0.251. The predicted octanol–water partition coefficient (Wildman–Crippen LogP) is 2.66. The van der Waals surface area contributed by atoms with E-state index in [-0.39, 0.29) is 24.7 Å². The number of hydrazone groups is 1. The number of aromatic nitrogens is 4. The van der Waals surface area contributed by atoms with Crippen molar-refractivity contribution in [3.63, 3.8) is 0 Å². The number of benzene rings is 2. The smallest absolute Gasteiger partial charge is 0.307 e. The zero-order valence-corrected chi connectivity index (χ0v) is 18.0. The van der Waals surface area contributed by atoms with E-state index in [4.69, 9.17) is 4.74 Å². The van der Waals surface area contributed by atoms with Crippen LogP contribution in [0.2, 0.25) is 0 Å². The third-order valence-electron chi connectivity index (χ3n) is 5.02. The van der Waals surface area contributed by atoms with Crippen LogP contribution in [0.1, 0.15) is 17.0 Å². The number of methoxy groups -OCH3 is 1. The van der Waals surface area contributed by atoms with E-state index in [2.05, 4.69) is 20.6 Å². The van der Waals surface area contributed by atoms with Gasteiger partial charge < -0.3 is 9.30 Å². The highest BCUT2D eigenvalue weighted by atomic mass is 16.6. The van der Waals surface area contributed by atoms with Gasteiger partial charge in [-0.25, -0.2) is 10.4 Å². The Hall–Kier alpha value is -4.54. The van der Waals surface area contributed by atoms with E-state index in [1.165, 1.54) is 23.3 Å². The monoisotopic (exact) mass is 447 g/mol. The molecule has 1 amide bonds. The largest absolute Gasteiger partial charge is 0.496 e. The number of amides is 1. The molecule has 33 heavy (non-hydrogen) atoms. The fourth-order valence-corrected chi connectivity index (χ4v) is 3.46. The first-order valence-corrected chi connectivity index (χ1v) is 10.0. The first kappa shape index (κ1) is 21.7. The van der Waals surface area contributed by atoms with Crippen LogP contribution in [0, 0.1) is 17.0 Å². The minimum absolute atomic E-state index is 0.0877. The van der Waals surface area contributed by atoms with Gasteiger partial charge in [0.25, 0.3) is 5.91 Å². The molecule has 168 valence electrons. The van der Waals surface area contributed by atoms with Crippen LogP contribution in [0.25, 0.3) is 11.0 Å². The molecular weight excluding hydrogens is 426 g/mol. The van der Waals surface area contributed by atoms with Crippen molar-refractivity contribution in [2.24, 2.45) is 5.10 Å². The van der Waals surface area contributed by atoms with Gasteiger partial charge in [0.1, 0.15) is 30.5 Å². The molecule has 2 aromatic carbocycles. The maximum absolute atomic E-state index is 12.4. The lowest BCUT2D eigenvalue weighted by Gasteiger charge is -2.09. The SMILES string of the molecule is COc1ccc(/C=N\NC(=O)Cn2c(C)nc3ccccc32)cc1Cn1cc([N+](=O)[O-])cn1. The summed E-state index contributed by atoms with van der Waals surface area (Å²) in [5.74, 6) is 1.07. The van der Waals surface area contributed by atoms with Crippen LogP contribution < -0.4 is 10.2 Å². The molecule has 0 spiro atoms. The highest BCUT2D eigenvalue weighted by Crippen LogP contribution is 2.21. The first-order valence-electron chi connectivity index (χ1n) is 10.0. The lowest BCUT2D eigenvalue weighted by molar-refractivity contribution is -0.385. The number of para-hydroxylation sites is 2. The minimum Gasteiger partial charge on any atom is -0.496 e. The number of carbonyl (C=O) groups is 1. The van der Waals surface area contributed by atoms with E-state index >= 15 is 0 Å². The Kier molecular flexibility index (Phi) is 6.11. The van der Waals surface area contributed by atoms with Gasteiger partial charge >= 0.3 is 5.69 Å². The Morgan fingerprint density at radius 2 is 2.12 bits per heavy atom. The molecule has 2 aromatic heterocycles. The summed E-state index contributed by atoms with van der Waals surface area (Å²) in [5, 5.41) is 18.9. The van der Waals surface area contributed by atoms with Gasteiger partial charge in [0.15, 0.2) is 0 Å². The van der Waals surface area contributed by atoms with E-state index in [0.29, 0.717) is 5.75 Å². The fourth-order valence-electron chi connectivity index (χ4n) is 3.46. The average Bonchev–Trinajstić information content (AvgIpc) is 3.39. The van der Waals surface area contributed by atoms with Crippen molar-refractivity contribution in [2.75, 3.05) is 7.11 Å². The Morgan fingerprint density at radius 3 is 2.88 bits per heavy atom. The number of nitrogens with one attached hydrogen (secondary N) is 1. The molecule has 0 saturated heterocycles. The van der Waals surface area contributed by atoms with Crippen molar-refractivity contribution in [1.82, 2.24) is 24.8 Å². The van der Waals surface area contributed by atoms with Gasteiger partial charge in [-0.1, -0.05) is 12.1 Å². The van der Waals surface area contributed by atoms with Crippen LogP contribution in [0.15, 0.2) is 60.0 Å². The van der Waals surface area contributed by atoms with Crippen LogP contribution >= 0.6 is 0 Å². The molecule has 0 radical (unpaired) electrons. The molecule has 0 fully saturated rings. The number of fused-ring (bicyclic) bond motifs is 1. The van der Waals surface area contributed by atoms with Crippen LogP contribution in [0.5, 0.6) is 5.75 Å². The maximum Gasteiger partial charge on any atom is 0.307 e. The van der Waals surface area contributed by atoms with Crippen LogP contribution in [-0.2, 0) is 17.9 Å². The van der Waals surface area contributed by atoms with Gasteiger partial charge in [-0.3, -0.25) is 19.6 Å². The standard InChI is InChI=1S/C22H21N7O4/c1-15-25-19-5-3-4-6-20(19)28(15)14-22(30)26-23-10-16-7-8-21(33-2)17(9-16)12-27-13-18(11-24-27)29(31)32/h3-11,13H,12,14H2,1-2H3,(H,26,30)/b23-10-. The summed E-state index contributed by atoms with van der Waals surface area (Å²) < 4.78 is 8.66. The molecule has 0 bridgehead atoms. The fraction of sp³-hybridized carbons (Fsp3) is 0.182. The highest BCUT2D eigenvalue weighted by Gasteiger charge is 2.12. The van der Waals surface area contributed by atoms with Gasteiger partial charge in [-0.05, 0) is 42.8 Å². The molecule has 0 aliphatic heterocycles. The molecule has 0 saturated carbocycles. The molecule has 0 unspecified atom stereocenters. The second-order valence-electron chi connectivity index (χ2n) is 7.25. The van der Waals surface area contributed by atoms with Crippen molar-refractivity contribution >= 4 is 28.8 Å². The van der Waals surface area contributed by atoms with E-state index in [9.17, 15) is 14.9 Å². The lowest BCUT2D eigenvalue weighted by atomic mass is 10.1. The second-order valence-corrected chi connectivity index (χ2v) is 7.25. The van der Waals surface area contributed by atoms with Gasteiger partial charge in [0.2, 0.25) is 0 Å². The van der Waals surface area contributed by atoms with Gasteiger partial charge in [-0.15, -0.1) is 0 Å². The molecule has 4 aromatic rings. The lowest BCUT2D eigenvalue weighted by Crippen LogP contribution is -2.23. The van der Waals surface area contributed by atoms with Crippen molar-refractivity contribution < 1.29 is 14.5 Å². The molecular formula is C22H21N7O4. The summed E-state index contributed by atoms with van der Waals surface area (Å²) in [6, 6.07) is 13.0. The molecule has 0 atom stereocenters. The number of hydrogen-bond donors (Lipinski definition) is 1. The van der Waals surface area contributed by atoms with Gasteiger partial charge in [0, 0.05) is 5.56 Å². The first-order chi connectivity index (χ1) is 15.9. The van der Waals surface area contributed by atoms with Crippen molar-refractivity contribution in [3.05, 3.63) is 81.9 Å². The third kappa shape index (κ3) is 4.87. The molecule has 1 N–H and O–H groups in total. The van der Waals surface area contributed by atoms with Crippen LogP contribution in [0.3, 0.4) is 0 Å². The van der Waals surface area contributed by atoms with Gasteiger partial charge in [0.05, 0.1) is 35.8 Å². The Morgan fingerprint density at radius 1 is 1.30 bits per heavy atom. The summed E-state index contributed by atoms with van der Waals surface area (Å²) in [5.41, 5.74) is 5.64. The second kappa shape index (κ2) is 9.30. The average molecular weight is 447 g/mol. The number of aryl methyl sites for hydroxylation is 1. The van der Waals surface area contributed by atoms with E-state index < -0.39 is 4.92 Å². The highest BCUT2D eigenvalue weighted by molar-refractivity contribution is 5.84. The van der Waals surface area contributed by atoms with Crippen molar-refractivity contribution in [1.29, 1.82) is 0 Å². The van der Waals surface area contributed by atoms with Gasteiger partial charge in [-0.2, -0.15) is 10.2 Å². The number of nitrogens with zero attached hydrogens (tertiary/aromatic N) is 6. The number of carbonyl (C=O) groups excluding carboxylic acids is 1. The number of rotatable bonds is 8. The number of hydrogen-bond acceptors (Lipinski definition) is 7. The molecule has 11 heteroatoms. The molecule has 2 heterocycles. The molecule has 0 aliphatic rings. The zero-order valence-electron chi connectivity index (χ0n) is 18.0. The van der Waals surface area contributed by atoms with Crippen molar-refractivity contribution in [2.45, 2.75) is 20.0 Å². The molecule has 4 rings (SSSR count). The van der Waals surface area contributed by atoms with Crippen LogP contribution in [-0.4, -0.2) is 43.5 Å². The topological polar surface area (TPSA) is 129 Å². The molecule has 11 nitrogen and oxygen atoms in total. The minimum atomic E-state index is -0.499. The molecule has 0 aliphatic carbocycles. The zero-order chi connectivity index (χ0) is 23.4. The summed E-state index contributed by atoms with van der Waals surface area (Å²) in [6.07, 6.45) is 4.06. The Labute approximate surface area is 188 Å². The van der Waals surface area contributed by atoms with E-state index in [0.717, 1.165) is 28.0 Å². The number of imidazole rings is 1.